The molecule has 0 bridgehead atoms. The molecule has 1 heterocycles. The van der Waals surface area contributed by atoms with E-state index in [1.807, 2.05) is 12.1 Å². The summed E-state index contributed by atoms with van der Waals surface area (Å²) in [6.07, 6.45) is -1.67. The largest absolute Gasteiger partial charge is 0.463 e. The second kappa shape index (κ2) is 13.8. The minimum atomic E-state index is -2.51. The van der Waals surface area contributed by atoms with Crippen LogP contribution in [0.1, 0.15) is 74.3 Å². The molecule has 5 atom stereocenters. The number of rotatable bonds is 10. The average Bonchev–Trinajstić information content (AvgIpc) is 3.81. The highest BCUT2D eigenvalue weighted by Gasteiger charge is 2.61. The van der Waals surface area contributed by atoms with E-state index < -0.39 is 60.7 Å². The number of thioether (sulfide) groups is 1. The standard InChI is InChI=1S/C32H35NO10S/c1-17(34)39-16-27-29(40-18(2)35)30(41-19(3)36)31(42-20(4)37)32(38,43-27)26-13-24(25(15-33)14-28(26)44-5)12-21-6-8-22(9-7-21)23-10-11-23/h6-9,13-14,23,27,29-31,38H,10-12,16H2,1-5H3/t27-,29-,30+,31-,32+/m1/s1. The predicted octanol–water partition coefficient (Wildman–Crippen LogP) is 3.65. The third kappa shape index (κ3) is 7.59. The van der Waals surface area contributed by atoms with E-state index in [1.54, 1.807) is 18.4 Å². The van der Waals surface area contributed by atoms with Crippen LogP contribution in [0.15, 0.2) is 41.3 Å². The lowest BCUT2D eigenvalue weighted by Crippen LogP contribution is -2.66. The van der Waals surface area contributed by atoms with Gasteiger partial charge in [0, 0.05) is 38.2 Å². The van der Waals surface area contributed by atoms with Gasteiger partial charge in [-0.05, 0) is 60.3 Å². The van der Waals surface area contributed by atoms with Crippen molar-refractivity contribution in [1.82, 2.24) is 0 Å². The molecule has 12 heteroatoms. The lowest BCUT2D eigenvalue weighted by Gasteiger charge is -2.49. The first-order valence-corrected chi connectivity index (χ1v) is 15.3. The number of carbonyl (C=O) groups excluding carboxylic acids is 4. The van der Waals surface area contributed by atoms with Crippen molar-refractivity contribution in [3.63, 3.8) is 0 Å². The summed E-state index contributed by atoms with van der Waals surface area (Å²) in [6.45, 7) is 3.99. The van der Waals surface area contributed by atoms with Gasteiger partial charge >= 0.3 is 23.9 Å². The molecule has 234 valence electrons. The summed E-state index contributed by atoms with van der Waals surface area (Å²) < 4.78 is 27.8. The number of carbonyl (C=O) groups is 4. The zero-order valence-electron chi connectivity index (χ0n) is 25.2. The summed E-state index contributed by atoms with van der Waals surface area (Å²) in [4.78, 5) is 48.9. The van der Waals surface area contributed by atoms with Crippen molar-refractivity contribution in [2.24, 2.45) is 0 Å². The Morgan fingerprint density at radius 2 is 1.57 bits per heavy atom. The number of esters is 4. The molecule has 1 saturated carbocycles. The number of nitrogens with zero attached hydrogens (tertiary/aromatic N) is 1. The van der Waals surface area contributed by atoms with Crippen molar-refractivity contribution in [3.8, 4) is 6.07 Å². The van der Waals surface area contributed by atoms with Gasteiger partial charge < -0.3 is 28.8 Å². The van der Waals surface area contributed by atoms with Gasteiger partial charge in [0.05, 0.1) is 11.6 Å². The number of benzene rings is 2. The third-order valence-corrected chi connectivity index (χ3v) is 8.19. The Labute approximate surface area is 259 Å². The van der Waals surface area contributed by atoms with Gasteiger partial charge in [0.25, 0.3) is 0 Å². The van der Waals surface area contributed by atoms with Gasteiger partial charge in [0.2, 0.25) is 11.9 Å². The first kappa shape index (κ1) is 33.0. The van der Waals surface area contributed by atoms with Gasteiger partial charge in [-0.3, -0.25) is 19.2 Å². The fourth-order valence-electron chi connectivity index (χ4n) is 5.37. The van der Waals surface area contributed by atoms with Gasteiger partial charge in [-0.25, -0.2) is 0 Å². The summed E-state index contributed by atoms with van der Waals surface area (Å²) in [7, 11) is 0. The minimum absolute atomic E-state index is 0.117. The quantitative estimate of drug-likeness (QED) is 0.232. The molecule has 2 aromatic carbocycles. The number of ether oxygens (including phenoxy) is 5. The van der Waals surface area contributed by atoms with Crippen LogP contribution in [0.2, 0.25) is 0 Å². The van der Waals surface area contributed by atoms with E-state index in [0.717, 1.165) is 33.3 Å². The Balaban J connectivity index is 1.86. The van der Waals surface area contributed by atoms with Crippen molar-refractivity contribution in [3.05, 3.63) is 64.2 Å². The van der Waals surface area contributed by atoms with Crippen LogP contribution in [0, 0.1) is 11.3 Å². The van der Waals surface area contributed by atoms with Crippen LogP contribution in [0.4, 0.5) is 0 Å². The van der Waals surface area contributed by atoms with Crippen molar-refractivity contribution in [2.45, 2.75) is 88.0 Å². The highest BCUT2D eigenvalue weighted by atomic mass is 32.2. The molecular weight excluding hydrogens is 590 g/mol. The zero-order valence-corrected chi connectivity index (χ0v) is 26.0. The van der Waals surface area contributed by atoms with Crippen LogP contribution >= 0.6 is 11.8 Å². The molecule has 11 nitrogen and oxygen atoms in total. The van der Waals surface area contributed by atoms with E-state index in [9.17, 15) is 29.5 Å². The molecule has 2 fully saturated rings. The number of aliphatic hydroxyl groups is 1. The normalized spacial score (nSPS) is 24.5. The fourth-order valence-corrected chi connectivity index (χ4v) is 6.03. The maximum atomic E-state index is 12.4. The lowest BCUT2D eigenvalue weighted by atomic mass is 9.85. The molecule has 1 aliphatic heterocycles. The van der Waals surface area contributed by atoms with E-state index in [1.165, 1.54) is 30.2 Å². The smallest absolute Gasteiger partial charge is 0.303 e. The third-order valence-electron chi connectivity index (χ3n) is 7.41. The minimum Gasteiger partial charge on any atom is -0.463 e. The van der Waals surface area contributed by atoms with Gasteiger partial charge in [-0.15, -0.1) is 11.8 Å². The molecule has 0 spiro atoms. The fraction of sp³-hybridized carbons (Fsp3) is 0.469. The summed E-state index contributed by atoms with van der Waals surface area (Å²) in [5.74, 6) is -5.05. The average molecular weight is 626 g/mol. The van der Waals surface area contributed by atoms with Crippen LogP contribution in [0.25, 0.3) is 0 Å². The Hall–Kier alpha value is -3.92. The Morgan fingerprint density at radius 1 is 0.955 bits per heavy atom. The summed E-state index contributed by atoms with van der Waals surface area (Å²) in [5, 5.41) is 22.4. The SMILES string of the molecule is CSc1cc(C#N)c(Cc2ccc(C3CC3)cc2)cc1[C@]1(O)O[C@H](COC(C)=O)[C@@H](OC(C)=O)[C@H](OC(C)=O)[C@H]1OC(C)=O. The second-order valence-corrected chi connectivity index (χ2v) is 11.7. The first-order valence-electron chi connectivity index (χ1n) is 14.1. The van der Waals surface area contributed by atoms with Crippen LogP contribution in [0.3, 0.4) is 0 Å². The maximum Gasteiger partial charge on any atom is 0.303 e. The highest BCUT2D eigenvalue weighted by Crippen LogP contribution is 2.45. The Morgan fingerprint density at radius 3 is 2.09 bits per heavy atom. The molecule has 4 rings (SSSR count). The Kier molecular flexibility index (Phi) is 10.3. The number of hydrogen-bond donors (Lipinski definition) is 1. The zero-order chi connectivity index (χ0) is 32.2. The molecule has 2 aliphatic rings. The van der Waals surface area contributed by atoms with Gasteiger partial charge in [-0.1, -0.05) is 24.3 Å². The van der Waals surface area contributed by atoms with Crippen LogP contribution in [-0.4, -0.2) is 66.3 Å². The lowest BCUT2D eigenvalue weighted by molar-refractivity contribution is -0.360. The van der Waals surface area contributed by atoms with Gasteiger partial charge in [0.15, 0.2) is 12.2 Å². The molecular formula is C32H35NO10S. The van der Waals surface area contributed by atoms with E-state index in [0.29, 0.717) is 28.4 Å². The Bertz CT molecular complexity index is 1460. The highest BCUT2D eigenvalue weighted by molar-refractivity contribution is 7.98. The second-order valence-electron chi connectivity index (χ2n) is 10.8. The molecule has 0 radical (unpaired) electrons. The van der Waals surface area contributed by atoms with E-state index in [-0.39, 0.29) is 5.56 Å². The van der Waals surface area contributed by atoms with Crippen molar-refractivity contribution in [1.29, 1.82) is 5.26 Å². The number of hydrogen-bond acceptors (Lipinski definition) is 12. The molecule has 0 aromatic heterocycles. The molecule has 0 unspecified atom stereocenters. The van der Waals surface area contributed by atoms with E-state index >= 15 is 0 Å². The van der Waals surface area contributed by atoms with Crippen LogP contribution < -0.4 is 0 Å². The number of nitriles is 1. The molecule has 1 saturated heterocycles. The van der Waals surface area contributed by atoms with E-state index in [4.69, 9.17) is 23.7 Å². The van der Waals surface area contributed by atoms with Crippen LogP contribution in [-0.2, 0) is 55.1 Å². The topological polar surface area (TPSA) is 158 Å². The summed E-state index contributed by atoms with van der Waals surface area (Å²) in [5.41, 5.74) is 3.23. The summed E-state index contributed by atoms with van der Waals surface area (Å²) in [6, 6.07) is 13.6. The molecule has 0 amide bonds. The monoisotopic (exact) mass is 625 g/mol. The van der Waals surface area contributed by atoms with Crippen molar-refractivity contribution < 1.29 is 48.0 Å². The van der Waals surface area contributed by atoms with Crippen molar-refractivity contribution >= 4 is 35.6 Å². The molecule has 1 aliphatic carbocycles. The van der Waals surface area contributed by atoms with Gasteiger partial charge in [0.1, 0.15) is 12.7 Å². The van der Waals surface area contributed by atoms with Crippen LogP contribution in [0.5, 0.6) is 0 Å². The maximum absolute atomic E-state index is 12.4. The molecule has 44 heavy (non-hydrogen) atoms. The van der Waals surface area contributed by atoms with Gasteiger partial charge in [-0.2, -0.15) is 5.26 Å². The summed E-state index contributed by atoms with van der Waals surface area (Å²) >= 11 is 1.20. The molecule has 1 N–H and O–H groups in total. The first-order chi connectivity index (χ1) is 20.9. The van der Waals surface area contributed by atoms with E-state index in [2.05, 4.69) is 18.2 Å². The van der Waals surface area contributed by atoms with Crippen molar-refractivity contribution in [2.75, 3.05) is 12.9 Å². The molecule has 2 aromatic rings. The predicted molar refractivity (Wildman–Crippen MR) is 156 cm³/mol.